The Bertz CT molecular complexity index is 1450. The van der Waals surface area contributed by atoms with Gasteiger partial charge in [-0.05, 0) is 48.3 Å². The third kappa shape index (κ3) is 8.12. The summed E-state index contributed by atoms with van der Waals surface area (Å²) in [6, 6.07) is 18.6. The number of benzene rings is 3. The molecule has 0 bridgehead atoms. The number of fused-ring (bicyclic) bond motifs is 1. The molecular formula is C30H36BClN6O5. The smallest absolute Gasteiger partial charge is 0.488 e. The number of carbonyl (C=O) groups excluding carboxylic acids is 2. The number of benzodiazepines with no additional fused rings is 1. The number of nitrogens with two attached hydrogens (primary N) is 2. The third-order valence-corrected chi connectivity index (χ3v) is 7.36. The molecule has 2 unspecified atom stereocenters. The first-order chi connectivity index (χ1) is 20.6. The molecule has 3 aromatic carbocycles. The van der Waals surface area contributed by atoms with Crippen LogP contribution in [0.2, 0.25) is 5.02 Å². The number of ether oxygens (including phenoxy) is 1. The maximum atomic E-state index is 13.1. The fourth-order valence-electron chi connectivity index (χ4n) is 4.93. The third-order valence-electron chi connectivity index (χ3n) is 7.11. The van der Waals surface area contributed by atoms with Crippen molar-refractivity contribution in [3.05, 3.63) is 88.4 Å². The summed E-state index contributed by atoms with van der Waals surface area (Å²) in [5.74, 6) is 0.133. The Balaban J connectivity index is 1.45. The Labute approximate surface area is 256 Å². The fraction of sp³-hybridized carbons (Fsp3) is 0.300. The summed E-state index contributed by atoms with van der Waals surface area (Å²) >= 11 is 6.15. The van der Waals surface area contributed by atoms with E-state index in [1.807, 2.05) is 42.2 Å². The standard InChI is InChI=1S/C30H36BClN6O5/c1-18(33)38-26-12-11-23(43-2)16-24(26)29(20-5-9-22(32)10-6-20)37-25(30(38)34)17-28(40)36-14-13-35-27(39)15-19-3-7-21(8-4-19)31(41)42/h3-12,16,18,25,30,41-42H,13-15,17,33-34H2,1-2H3,(H,35,39)(H,36,40)/t18?,25-,30?/m0/s1. The average molecular weight is 607 g/mol. The molecule has 1 aliphatic heterocycles. The van der Waals surface area contributed by atoms with Crippen molar-refractivity contribution in [2.75, 3.05) is 25.1 Å². The molecule has 13 heteroatoms. The number of aliphatic imine (C=N–C) groups is 1. The Kier molecular flexibility index (Phi) is 10.8. The summed E-state index contributed by atoms with van der Waals surface area (Å²) in [4.78, 5) is 32.2. The van der Waals surface area contributed by atoms with Crippen LogP contribution < -0.4 is 37.2 Å². The number of anilines is 1. The predicted molar refractivity (Wildman–Crippen MR) is 169 cm³/mol. The quantitative estimate of drug-likeness (QED) is 0.135. The van der Waals surface area contributed by atoms with Crippen LogP contribution in [-0.4, -0.2) is 73.3 Å². The van der Waals surface area contributed by atoms with Gasteiger partial charge in [-0.1, -0.05) is 48.0 Å². The van der Waals surface area contributed by atoms with Gasteiger partial charge in [0, 0.05) is 34.9 Å². The molecule has 3 aromatic rings. The highest BCUT2D eigenvalue weighted by atomic mass is 35.5. The molecule has 0 fully saturated rings. The van der Waals surface area contributed by atoms with Gasteiger partial charge in [0.25, 0.3) is 0 Å². The molecular weight excluding hydrogens is 571 g/mol. The number of halogens is 1. The number of hydrogen-bond donors (Lipinski definition) is 6. The average Bonchev–Trinajstić information content (AvgIpc) is 3.09. The summed E-state index contributed by atoms with van der Waals surface area (Å²) in [5, 5.41) is 24.6. The van der Waals surface area contributed by atoms with Gasteiger partial charge < -0.3 is 41.8 Å². The van der Waals surface area contributed by atoms with E-state index < -0.39 is 25.5 Å². The molecule has 226 valence electrons. The van der Waals surface area contributed by atoms with Crippen LogP contribution in [0, 0.1) is 0 Å². The molecule has 0 aliphatic carbocycles. The molecule has 43 heavy (non-hydrogen) atoms. The van der Waals surface area contributed by atoms with Gasteiger partial charge in [-0.15, -0.1) is 0 Å². The van der Waals surface area contributed by atoms with Crippen molar-refractivity contribution in [2.24, 2.45) is 16.5 Å². The molecule has 4 rings (SSSR count). The molecule has 3 atom stereocenters. The lowest BCUT2D eigenvalue weighted by molar-refractivity contribution is -0.122. The second-order valence-corrected chi connectivity index (χ2v) is 10.7. The number of methoxy groups -OCH3 is 1. The van der Waals surface area contributed by atoms with Crippen molar-refractivity contribution in [3.8, 4) is 5.75 Å². The molecule has 0 saturated carbocycles. The number of nitrogens with zero attached hydrogens (tertiary/aromatic N) is 2. The van der Waals surface area contributed by atoms with E-state index in [4.69, 9.17) is 32.8 Å². The van der Waals surface area contributed by atoms with Crippen LogP contribution >= 0.6 is 11.6 Å². The van der Waals surface area contributed by atoms with Gasteiger partial charge in [-0.25, -0.2) is 0 Å². The molecule has 0 radical (unpaired) electrons. The van der Waals surface area contributed by atoms with Gasteiger partial charge in [0.15, 0.2) is 0 Å². The summed E-state index contributed by atoms with van der Waals surface area (Å²) < 4.78 is 5.49. The summed E-state index contributed by atoms with van der Waals surface area (Å²) in [6.07, 6.45) is -1.08. The minimum absolute atomic E-state index is 0.0103. The van der Waals surface area contributed by atoms with E-state index in [2.05, 4.69) is 10.6 Å². The van der Waals surface area contributed by atoms with Crippen molar-refractivity contribution in [2.45, 2.75) is 38.1 Å². The lowest BCUT2D eigenvalue weighted by Crippen LogP contribution is -2.56. The molecule has 8 N–H and O–H groups in total. The highest BCUT2D eigenvalue weighted by molar-refractivity contribution is 6.58. The normalized spacial score (nSPS) is 16.8. The van der Waals surface area contributed by atoms with Gasteiger partial charge in [-0.3, -0.25) is 14.6 Å². The van der Waals surface area contributed by atoms with E-state index in [0.717, 1.165) is 22.4 Å². The molecule has 0 spiro atoms. The molecule has 0 saturated heterocycles. The second kappa shape index (κ2) is 14.5. The van der Waals surface area contributed by atoms with Crippen molar-refractivity contribution in [1.29, 1.82) is 0 Å². The van der Waals surface area contributed by atoms with Crippen molar-refractivity contribution >= 4 is 47.4 Å². The molecule has 11 nitrogen and oxygen atoms in total. The van der Waals surface area contributed by atoms with Crippen molar-refractivity contribution < 1.29 is 24.4 Å². The zero-order valence-electron chi connectivity index (χ0n) is 24.0. The Morgan fingerprint density at radius 3 is 2.30 bits per heavy atom. The van der Waals surface area contributed by atoms with Gasteiger partial charge >= 0.3 is 7.12 Å². The minimum atomic E-state index is -1.56. The molecule has 1 aliphatic rings. The number of carbonyl (C=O) groups is 2. The SMILES string of the molecule is COc1ccc2c(c1)C(c1ccc(Cl)cc1)=N[C@@H](CC(=O)NCCNC(=O)Cc1ccc(B(O)O)cc1)C(N)N2C(C)N. The number of hydrogen-bond acceptors (Lipinski definition) is 9. The maximum absolute atomic E-state index is 13.1. The first kappa shape index (κ1) is 32.0. The Morgan fingerprint density at radius 2 is 1.70 bits per heavy atom. The zero-order valence-corrected chi connectivity index (χ0v) is 24.8. The summed E-state index contributed by atoms with van der Waals surface area (Å²) in [5.41, 5.74) is 17.2. The van der Waals surface area contributed by atoms with Crippen LogP contribution in [-0.2, 0) is 16.0 Å². The highest BCUT2D eigenvalue weighted by Crippen LogP contribution is 2.34. The van der Waals surface area contributed by atoms with Crippen molar-refractivity contribution in [1.82, 2.24) is 10.6 Å². The van der Waals surface area contributed by atoms with E-state index in [9.17, 15) is 19.6 Å². The maximum Gasteiger partial charge on any atom is 0.488 e. The summed E-state index contributed by atoms with van der Waals surface area (Å²) in [6.45, 7) is 2.26. The van der Waals surface area contributed by atoms with Crippen LogP contribution in [0.5, 0.6) is 5.75 Å². The van der Waals surface area contributed by atoms with E-state index in [1.54, 1.807) is 43.5 Å². The fourth-order valence-corrected chi connectivity index (χ4v) is 5.06. The number of nitrogens with one attached hydrogen (secondary N) is 2. The first-order valence-corrected chi connectivity index (χ1v) is 14.2. The zero-order chi connectivity index (χ0) is 31.1. The minimum Gasteiger partial charge on any atom is -0.497 e. The van der Waals surface area contributed by atoms with Gasteiger partial charge in [0.1, 0.15) is 11.9 Å². The highest BCUT2D eigenvalue weighted by Gasteiger charge is 2.34. The van der Waals surface area contributed by atoms with Crippen LogP contribution in [0.4, 0.5) is 5.69 Å². The van der Waals surface area contributed by atoms with Gasteiger partial charge in [-0.2, -0.15) is 0 Å². The largest absolute Gasteiger partial charge is 0.497 e. The van der Waals surface area contributed by atoms with Crippen molar-refractivity contribution in [3.63, 3.8) is 0 Å². The van der Waals surface area contributed by atoms with E-state index in [0.29, 0.717) is 21.9 Å². The van der Waals surface area contributed by atoms with Crippen LogP contribution in [0.25, 0.3) is 0 Å². The topological polar surface area (TPSA) is 176 Å². The Hall–Kier alpha value is -3.94. The molecule has 1 heterocycles. The Morgan fingerprint density at radius 1 is 1.05 bits per heavy atom. The molecule has 2 amide bonds. The van der Waals surface area contributed by atoms with E-state index in [1.165, 1.54) is 0 Å². The summed E-state index contributed by atoms with van der Waals surface area (Å²) in [7, 11) is 0.0261. The lowest BCUT2D eigenvalue weighted by atomic mass is 9.80. The lowest BCUT2D eigenvalue weighted by Gasteiger charge is -2.36. The molecule has 0 aromatic heterocycles. The predicted octanol–water partition coefficient (Wildman–Crippen LogP) is 0.509. The van der Waals surface area contributed by atoms with Crippen LogP contribution in [0.1, 0.15) is 30.0 Å². The van der Waals surface area contributed by atoms with Gasteiger partial charge in [0.05, 0.1) is 37.9 Å². The number of amides is 2. The van der Waals surface area contributed by atoms with E-state index >= 15 is 0 Å². The van der Waals surface area contributed by atoms with Gasteiger partial charge in [0.2, 0.25) is 11.8 Å². The second-order valence-electron chi connectivity index (χ2n) is 10.3. The van der Waals surface area contributed by atoms with E-state index in [-0.39, 0.29) is 37.7 Å². The monoisotopic (exact) mass is 606 g/mol. The van der Waals surface area contributed by atoms with Crippen LogP contribution in [0.15, 0.2) is 71.7 Å². The first-order valence-electron chi connectivity index (χ1n) is 13.9. The number of rotatable bonds is 11. The van der Waals surface area contributed by atoms with Crippen LogP contribution in [0.3, 0.4) is 0 Å².